The first-order valence-corrected chi connectivity index (χ1v) is 29.4. The summed E-state index contributed by atoms with van der Waals surface area (Å²) in [5.41, 5.74) is 0. The van der Waals surface area contributed by atoms with E-state index < -0.39 is 12.1 Å². The highest BCUT2D eigenvalue weighted by Gasteiger charge is 2.20. The van der Waals surface area contributed by atoms with Gasteiger partial charge in [-0.05, 0) is 89.9 Å². The van der Waals surface area contributed by atoms with Crippen LogP contribution in [0, 0.1) is 0 Å². The van der Waals surface area contributed by atoms with E-state index >= 15 is 0 Å². The molecule has 0 aromatic heterocycles. The molecule has 0 aromatic carbocycles. The summed E-state index contributed by atoms with van der Waals surface area (Å²) < 4.78 is 5.48. The van der Waals surface area contributed by atoms with Crippen molar-refractivity contribution in [2.24, 2.45) is 0 Å². The number of aliphatic hydroxyl groups is 2. The van der Waals surface area contributed by atoms with Gasteiger partial charge in [0.1, 0.15) is 0 Å². The summed E-state index contributed by atoms with van der Waals surface area (Å²) in [6.07, 6.45) is 71.2. The molecule has 0 saturated heterocycles. The highest BCUT2D eigenvalue weighted by atomic mass is 16.5. The standard InChI is InChI=1S/C61H113NO5/c1-3-5-7-9-11-13-14-15-16-17-26-29-32-35-39-43-47-51-55-61(66)67-56-52-48-44-40-36-33-30-27-24-22-20-18-19-21-23-25-28-31-34-38-42-46-50-54-60(65)62-58(57-63)59(64)53-49-45-41-37-12-10-8-6-4-2/h13-14,16-18,20-21,23,58-59,63-64H,3-12,15,19,22,24-57H2,1-2H3,(H,62,65)/b14-13-,17-16-,20-18-,23-21-. The Morgan fingerprint density at radius 1 is 0.418 bits per heavy atom. The monoisotopic (exact) mass is 940 g/mol. The molecule has 0 heterocycles. The average molecular weight is 941 g/mol. The van der Waals surface area contributed by atoms with Gasteiger partial charge in [-0.25, -0.2) is 0 Å². The van der Waals surface area contributed by atoms with Gasteiger partial charge in [0.05, 0.1) is 25.4 Å². The number of carbonyl (C=O) groups excluding carboxylic acids is 2. The zero-order valence-electron chi connectivity index (χ0n) is 44.6. The van der Waals surface area contributed by atoms with Gasteiger partial charge in [0.15, 0.2) is 0 Å². The lowest BCUT2D eigenvalue weighted by Crippen LogP contribution is -2.45. The van der Waals surface area contributed by atoms with Crippen molar-refractivity contribution in [2.75, 3.05) is 13.2 Å². The van der Waals surface area contributed by atoms with Crippen LogP contribution in [0.25, 0.3) is 0 Å². The third-order valence-electron chi connectivity index (χ3n) is 13.4. The largest absolute Gasteiger partial charge is 0.466 e. The van der Waals surface area contributed by atoms with E-state index in [1.54, 1.807) is 0 Å². The Hall–Kier alpha value is -2.18. The van der Waals surface area contributed by atoms with Crippen LogP contribution in [0.2, 0.25) is 0 Å². The molecule has 0 radical (unpaired) electrons. The van der Waals surface area contributed by atoms with E-state index in [0.717, 1.165) is 70.6 Å². The number of rotatable bonds is 54. The number of amides is 1. The molecule has 1 amide bonds. The van der Waals surface area contributed by atoms with Crippen LogP contribution in [0.15, 0.2) is 48.6 Å². The third kappa shape index (κ3) is 53.0. The van der Waals surface area contributed by atoms with Gasteiger partial charge in [-0.2, -0.15) is 0 Å². The van der Waals surface area contributed by atoms with Crippen LogP contribution in [0.4, 0.5) is 0 Å². The van der Waals surface area contributed by atoms with Crippen molar-refractivity contribution in [1.82, 2.24) is 5.32 Å². The van der Waals surface area contributed by atoms with Crippen LogP contribution < -0.4 is 5.32 Å². The summed E-state index contributed by atoms with van der Waals surface area (Å²) >= 11 is 0. The Balaban J connectivity index is 3.42. The second-order valence-electron chi connectivity index (χ2n) is 20.0. The lowest BCUT2D eigenvalue weighted by molar-refractivity contribution is -0.143. The van der Waals surface area contributed by atoms with Gasteiger partial charge >= 0.3 is 5.97 Å². The molecule has 392 valence electrons. The molecule has 3 N–H and O–H groups in total. The first-order chi connectivity index (χ1) is 33.0. The minimum Gasteiger partial charge on any atom is -0.466 e. The molecule has 0 aliphatic rings. The van der Waals surface area contributed by atoms with Crippen molar-refractivity contribution >= 4 is 11.9 Å². The molecule has 0 aliphatic carbocycles. The molecule has 2 atom stereocenters. The molecule has 6 heteroatoms. The maximum atomic E-state index is 12.4. The van der Waals surface area contributed by atoms with Crippen molar-refractivity contribution in [2.45, 2.75) is 315 Å². The molecular weight excluding hydrogens is 827 g/mol. The van der Waals surface area contributed by atoms with E-state index in [9.17, 15) is 19.8 Å². The molecule has 0 rings (SSSR count). The number of carbonyl (C=O) groups is 2. The van der Waals surface area contributed by atoms with E-state index in [1.807, 2.05) is 0 Å². The molecule has 0 saturated carbocycles. The molecule has 0 bridgehead atoms. The van der Waals surface area contributed by atoms with Crippen molar-refractivity contribution in [3.8, 4) is 0 Å². The lowest BCUT2D eigenvalue weighted by Gasteiger charge is -2.22. The van der Waals surface area contributed by atoms with Crippen molar-refractivity contribution in [3.05, 3.63) is 48.6 Å². The summed E-state index contributed by atoms with van der Waals surface area (Å²) in [6.45, 7) is 4.90. The van der Waals surface area contributed by atoms with Gasteiger partial charge in [-0.15, -0.1) is 0 Å². The van der Waals surface area contributed by atoms with Crippen LogP contribution in [0.1, 0.15) is 303 Å². The van der Waals surface area contributed by atoms with Crippen LogP contribution in [-0.4, -0.2) is 47.4 Å². The molecule has 67 heavy (non-hydrogen) atoms. The minimum atomic E-state index is -0.669. The van der Waals surface area contributed by atoms with Crippen LogP contribution in [0.3, 0.4) is 0 Å². The fourth-order valence-corrected chi connectivity index (χ4v) is 8.82. The first-order valence-electron chi connectivity index (χ1n) is 29.4. The molecular formula is C61H113NO5. The first kappa shape index (κ1) is 64.8. The number of ether oxygens (including phenoxy) is 1. The zero-order valence-corrected chi connectivity index (χ0v) is 44.6. The van der Waals surface area contributed by atoms with E-state index in [4.69, 9.17) is 4.74 Å². The number of hydrogen-bond acceptors (Lipinski definition) is 5. The van der Waals surface area contributed by atoms with Gasteiger partial charge in [-0.1, -0.05) is 249 Å². The highest BCUT2D eigenvalue weighted by molar-refractivity contribution is 5.76. The number of aliphatic hydroxyl groups excluding tert-OH is 2. The summed E-state index contributed by atoms with van der Waals surface area (Å²) in [7, 11) is 0. The van der Waals surface area contributed by atoms with Crippen LogP contribution >= 0.6 is 0 Å². The number of allylic oxidation sites excluding steroid dienone is 8. The normalized spacial score (nSPS) is 13.0. The smallest absolute Gasteiger partial charge is 0.305 e. The van der Waals surface area contributed by atoms with Crippen molar-refractivity contribution < 1.29 is 24.5 Å². The van der Waals surface area contributed by atoms with E-state index in [2.05, 4.69) is 67.8 Å². The Bertz CT molecular complexity index is 1130. The summed E-state index contributed by atoms with van der Waals surface area (Å²) in [6, 6.07) is -0.548. The number of esters is 1. The third-order valence-corrected chi connectivity index (χ3v) is 13.4. The predicted molar refractivity (Wildman–Crippen MR) is 292 cm³/mol. The molecule has 0 fully saturated rings. The Kier molecular flexibility index (Phi) is 54.6. The SMILES string of the molecule is CCCCCC/C=C\C/C=C\CCCCCCCCCC(=O)OCCCCCCCCCCC/C=C\C/C=C\CCCCCCCCCC(=O)NC(CO)C(O)CCCCCCCCCCC. The Labute approximate surface area is 416 Å². The maximum Gasteiger partial charge on any atom is 0.305 e. The number of unbranched alkanes of at least 4 members (excludes halogenated alkanes) is 35. The number of nitrogens with one attached hydrogen (secondary N) is 1. The molecule has 6 nitrogen and oxygen atoms in total. The quantitative estimate of drug-likeness (QED) is 0.0321. The summed E-state index contributed by atoms with van der Waals surface area (Å²) in [5.74, 6) is -0.0494. The van der Waals surface area contributed by atoms with Crippen molar-refractivity contribution in [3.63, 3.8) is 0 Å². The maximum absolute atomic E-state index is 12.4. The van der Waals surface area contributed by atoms with Gasteiger partial charge in [-0.3, -0.25) is 9.59 Å². The molecule has 0 spiro atoms. The van der Waals surface area contributed by atoms with E-state index in [0.29, 0.717) is 25.9 Å². The second-order valence-corrected chi connectivity index (χ2v) is 20.0. The summed E-state index contributed by atoms with van der Waals surface area (Å²) in [4.78, 5) is 24.5. The van der Waals surface area contributed by atoms with E-state index in [1.165, 1.54) is 199 Å². The van der Waals surface area contributed by atoms with Crippen LogP contribution in [-0.2, 0) is 14.3 Å². The fraction of sp³-hybridized carbons (Fsp3) is 0.836. The van der Waals surface area contributed by atoms with Gasteiger partial charge in [0.25, 0.3) is 0 Å². The second kappa shape index (κ2) is 56.4. The molecule has 2 unspecified atom stereocenters. The minimum absolute atomic E-state index is 0.000877. The van der Waals surface area contributed by atoms with Gasteiger partial charge < -0.3 is 20.3 Å². The fourth-order valence-electron chi connectivity index (χ4n) is 8.82. The number of hydrogen-bond donors (Lipinski definition) is 3. The van der Waals surface area contributed by atoms with Gasteiger partial charge in [0.2, 0.25) is 5.91 Å². The van der Waals surface area contributed by atoms with Gasteiger partial charge in [0, 0.05) is 12.8 Å². The molecule has 0 aromatic rings. The van der Waals surface area contributed by atoms with E-state index in [-0.39, 0.29) is 18.5 Å². The summed E-state index contributed by atoms with van der Waals surface area (Å²) in [5, 5.41) is 23.1. The van der Waals surface area contributed by atoms with Crippen molar-refractivity contribution in [1.29, 1.82) is 0 Å². The average Bonchev–Trinajstić information content (AvgIpc) is 3.33. The Morgan fingerprint density at radius 2 is 0.746 bits per heavy atom. The Morgan fingerprint density at radius 3 is 1.15 bits per heavy atom. The van der Waals surface area contributed by atoms with Crippen LogP contribution in [0.5, 0.6) is 0 Å². The predicted octanol–water partition coefficient (Wildman–Crippen LogP) is 18.2. The lowest BCUT2D eigenvalue weighted by atomic mass is 10.0. The molecule has 0 aliphatic heterocycles. The zero-order chi connectivity index (χ0) is 48.6. The highest BCUT2D eigenvalue weighted by Crippen LogP contribution is 2.16. The topological polar surface area (TPSA) is 95.9 Å².